The van der Waals surface area contributed by atoms with Crippen LogP contribution in [0.2, 0.25) is 36.3 Å². The number of nitrogens with one attached hydrogen (secondary N) is 3. The highest BCUT2D eigenvalue weighted by Crippen LogP contribution is 2.56. The van der Waals surface area contributed by atoms with Gasteiger partial charge in [-0.1, -0.05) is 73.6 Å². The Labute approximate surface area is 568 Å². The maximum Gasteiger partial charge on any atom is 0.472 e. The first-order valence-electron chi connectivity index (χ1n) is 26.2. The molecule has 4 N–H and O–H groups in total. The van der Waals surface area contributed by atoms with Crippen molar-refractivity contribution in [3.63, 3.8) is 0 Å². The first kappa shape index (κ1) is 75.7. The van der Waals surface area contributed by atoms with E-state index in [4.69, 9.17) is 58.8 Å². The number of amides is 2. The fraction of sp³-hybridized carbons (Fsp3) is 0.591. The molecule has 45 heteroatoms. The molecule has 2 bridgehead atoms. The van der Waals surface area contributed by atoms with E-state index in [-0.39, 0.29) is 39.1 Å². The normalized spacial score (nSPS) is 24.8. The van der Waals surface area contributed by atoms with E-state index in [0.717, 1.165) is 0 Å². The Morgan fingerprint density at radius 3 is 1.76 bits per heavy atom. The van der Waals surface area contributed by atoms with Gasteiger partial charge in [-0.25, -0.2) is 24.5 Å². The molecule has 3 aliphatic heterocycles. The molecule has 89 heavy (non-hydrogen) atoms. The number of hydrogen-bond donors (Lipinski definition) is 4. The number of fused-ring (bicyclic) bond motifs is 5. The number of anilines is 2. The summed E-state index contributed by atoms with van der Waals surface area (Å²) >= 11 is 9.48. The molecule has 3 fully saturated rings. The molecule has 3 saturated heterocycles. The summed E-state index contributed by atoms with van der Waals surface area (Å²) in [6.07, 6.45) is -6.13. The van der Waals surface area contributed by atoms with E-state index in [1.54, 1.807) is 160 Å². The summed E-state index contributed by atoms with van der Waals surface area (Å²) in [4.78, 5) is 75.8. The van der Waals surface area contributed by atoms with E-state index < -0.39 is 123 Å². The summed E-state index contributed by atoms with van der Waals surface area (Å²) in [6.45, 7) is 23.6. The SMILES string of the molecule is CC(C)C(=O)Nc1nc2c(ncn2[C@@H]2O[C@@H]3COP(=O)(O)OC4[C@@H](O[Si](C)(C)C(C)(C)C)[C@@H](COP(C)(=O)OC3[C@@H]2O[Si](C)(C)C(C)(C)C)O[C@H]4n2cnc3c(NC(=O)c4ccccc4)ncnc32)c(=O)[nH]1.S=S=S=S=S=S=S=S=S=S=S=S=S=S=S=S=S. The number of phosphoric acid groups is 1. The molecule has 10 atom stereocenters. The quantitative estimate of drug-likeness (QED) is 0.0802. The molecule has 0 radical (unpaired) electrons. The molecule has 24 nitrogen and oxygen atoms in total. The van der Waals surface area contributed by atoms with Crippen LogP contribution in [-0.4, -0.2) is 129 Å². The van der Waals surface area contributed by atoms with Crippen LogP contribution in [0.25, 0.3) is 22.3 Å². The van der Waals surface area contributed by atoms with Gasteiger partial charge in [0.25, 0.3) is 11.5 Å². The van der Waals surface area contributed by atoms with Crippen molar-refractivity contribution in [2.24, 2.45) is 5.92 Å². The van der Waals surface area contributed by atoms with Gasteiger partial charge >= 0.3 is 15.4 Å². The number of aromatic nitrogens is 8. The first-order valence-corrected chi connectivity index (χ1v) is 56.8. The number of benzene rings is 1. The van der Waals surface area contributed by atoms with Gasteiger partial charge in [0, 0.05) is 174 Å². The van der Waals surface area contributed by atoms with E-state index in [9.17, 15) is 28.4 Å². The Bertz CT molecular complexity index is 4280. The maximum absolute atomic E-state index is 14.9. The molecule has 0 spiro atoms. The van der Waals surface area contributed by atoms with Crippen LogP contribution in [0.5, 0.6) is 0 Å². The van der Waals surface area contributed by atoms with Crippen molar-refractivity contribution in [3.8, 4) is 0 Å². The van der Waals surface area contributed by atoms with Crippen molar-refractivity contribution in [2.45, 2.75) is 141 Å². The lowest BCUT2D eigenvalue weighted by Crippen LogP contribution is -2.50. The lowest BCUT2D eigenvalue weighted by molar-refractivity contribution is -0.118. The number of rotatable bonds is 10. The number of hydrogen-bond acceptors (Lipinski definition) is 20. The second-order valence-corrected chi connectivity index (χ2v) is 62.0. The average molecular weight is 1620 g/mol. The third kappa shape index (κ3) is 20.7. The number of imidazole rings is 2. The van der Waals surface area contributed by atoms with Gasteiger partial charge in [0.05, 0.1) is 25.9 Å². The van der Waals surface area contributed by atoms with E-state index in [1.165, 1.54) is 52.5 Å². The molecule has 0 saturated carbocycles. The van der Waals surface area contributed by atoms with Gasteiger partial charge in [0.15, 0.2) is 57.2 Å². The predicted molar refractivity (Wildman–Crippen MR) is 394 cm³/mol. The highest BCUT2D eigenvalue weighted by Gasteiger charge is 2.58. The minimum absolute atomic E-state index is 0.00369. The van der Waals surface area contributed by atoms with Crippen LogP contribution in [0.4, 0.5) is 11.8 Å². The lowest BCUT2D eigenvalue weighted by atomic mass is 10.1. The van der Waals surface area contributed by atoms with Crippen LogP contribution in [0.3, 0.4) is 0 Å². The summed E-state index contributed by atoms with van der Waals surface area (Å²) in [7, 11) is 10.3. The molecular formula is C44H64N10O14P2S17Si2. The predicted octanol–water partition coefficient (Wildman–Crippen LogP) is 7.08. The summed E-state index contributed by atoms with van der Waals surface area (Å²) in [5.41, 5.74) is -0.0214. The molecular weight excluding hydrogens is 1560 g/mol. The van der Waals surface area contributed by atoms with E-state index in [1.807, 2.05) is 67.7 Å². The smallest absolute Gasteiger partial charge is 0.408 e. The molecule has 4 unspecified atom stereocenters. The van der Waals surface area contributed by atoms with Crippen molar-refractivity contribution >= 4 is 234 Å². The number of aromatic amines is 1. The second kappa shape index (κ2) is 33.5. The zero-order chi connectivity index (χ0) is 65.1. The average Bonchev–Trinajstić information content (AvgIpc) is 1.86. The van der Waals surface area contributed by atoms with Crippen LogP contribution in [0, 0.1) is 5.92 Å². The maximum atomic E-state index is 14.9. The van der Waals surface area contributed by atoms with Gasteiger partial charge in [-0.3, -0.25) is 52.0 Å². The van der Waals surface area contributed by atoms with Crippen LogP contribution >= 0.6 is 15.4 Å². The van der Waals surface area contributed by atoms with E-state index in [0.29, 0.717) is 5.56 Å². The monoisotopic (exact) mass is 1620 g/mol. The van der Waals surface area contributed by atoms with Gasteiger partial charge in [-0.15, -0.1) is 0 Å². The van der Waals surface area contributed by atoms with E-state index in [2.05, 4.69) is 40.5 Å². The molecule has 8 rings (SSSR count). The lowest BCUT2D eigenvalue weighted by Gasteiger charge is -2.41. The Morgan fingerprint density at radius 1 is 0.697 bits per heavy atom. The molecule has 3 aliphatic rings. The molecule has 0 aliphatic carbocycles. The zero-order valence-corrected chi connectivity index (χ0v) is 67.1. The highest BCUT2D eigenvalue weighted by molar-refractivity contribution is 8.77. The molecule has 5 aromatic rings. The van der Waals surface area contributed by atoms with Crippen LogP contribution < -0.4 is 16.2 Å². The summed E-state index contributed by atoms with van der Waals surface area (Å²) in [6, 6.07) is 8.53. The first-order chi connectivity index (χ1) is 41.9. The second-order valence-electron chi connectivity index (χ2n) is 22.6. The molecule has 2 amide bonds. The highest BCUT2D eigenvalue weighted by atomic mass is 33.5. The van der Waals surface area contributed by atoms with Gasteiger partial charge in [0.2, 0.25) is 11.9 Å². The third-order valence-electron chi connectivity index (χ3n) is 14.3. The summed E-state index contributed by atoms with van der Waals surface area (Å²) in [5, 5.41) is 4.61. The van der Waals surface area contributed by atoms with Crippen LogP contribution in [0.1, 0.15) is 78.2 Å². The van der Waals surface area contributed by atoms with Crippen molar-refractivity contribution in [2.75, 3.05) is 30.5 Å². The van der Waals surface area contributed by atoms with Gasteiger partial charge < -0.3 is 33.1 Å². The number of nitrogens with zero attached hydrogens (tertiary/aromatic N) is 7. The van der Waals surface area contributed by atoms with Gasteiger partial charge in [-0.2, -0.15) is 4.98 Å². The number of ether oxygens (including phenoxy) is 2. The number of H-pyrrole nitrogens is 1. The molecule has 1 aromatic carbocycles. The van der Waals surface area contributed by atoms with Crippen LogP contribution in [0.15, 0.2) is 54.1 Å². The Balaban J connectivity index is 0.000000578. The fourth-order valence-electron chi connectivity index (χ4n) is 7.96. The zero-order valence-electron chi connectivity index (χ0n) is 49.4. The van der Waals surface area contributed by atoms with Crippen molar-refractivity contribution in [3.05, 3.63) is 65.2 Å². The Hall–Kier alpha value is -0.666. The van der Waals surface area contributed by atoms with E-state index >= 15 is 0 Å². The molecule has 7 heterocycles. The van der Waals surface area contributed by atoms with Gasteiger partial charge in [-0.05, 0) is 48.4 Å². The molecule has 4 aromatic heterocycles. The van der Waals surface area contributed by atoms with Crippen molar-refractivity contribution < 1.29 is 60.0 Å². The largest absolute Gasteiger partial charge is 0.472 e. The minimum atomic E-state index is -5.19. The number of carbonyl (C=O) groups is 2. The van der Waals surface area contributed by atoms with Crippen molar-refractivity contribution in [1.82, 2.24) is 39.0 Å². The third-order valence-corrected chi connectivity index (χ3v) is 56.5. The van der Waals surface area contributed by atoms with Crippen molar-refractivity contribution in [1.29, 1.82) is 0 Å². The number of carbonyl (C=O) groups excluding carboxylic acids is 2. The number of phosphoric ester groups is 1. The topological polar surface area (TPSA) is 294 Å². The molecule has 494 valence electrons. The minimum Gasteiger partial charge on any atom is -0.408 e. The standard InChI is InChI=1S/C44H64N10O14P2Si2.S17/c1-24(2)37(55)51-42-50-36-29(39(57)52-42)48-23-54(36)41-33(68-72(12,13)44(6,7)8)30-26(63-41)20-62-70(59,60)66-32-31(67-71(10,11)43(3,4)5)27(19-61-69(9,58)65-30)64-40(32)53-22-47-28-34(45-21-46-35(28)53)49-38(56)25-17-15-14-16-18-25;1-3-5-7-9-11-13-15-17-16-14-12-10-8-6-4-2/h14-18,21-24,26-27,30-33,40-41H,19-20H2,1-13H3,(H,59,60)(H,45,46,49,56)(H2,50,51,52,55,57);/t26-,27-,30?,31+,32?,33+,40-,41-,69?;/m1./s1. The Morgan fingerprint density at radius 2 is 1.21 bits per heavy atom. The summed E-state index contributed by atoms with van der Waals surface area (Å²) in [5.74, 6) is -1.34. The Kier molecular flexibility index (Phi) is 28.5. The van der Waals surface area contributed by atoms with Crippen LogP contribution in [-0.2, 0) is 206 Å². The summed E-state index contributed by atoms with van der Waals surface area (Å²) < 4.78 is 84.6. The fourth-order valence-corrected chi connectivity index (χ4v) is 48.3. The van der Waals surface area contributed by atoms with Gasteiger partial charge in [0.1, 0.15) is 43.0 Å².